The average molecular weight is 2010 g/mol. The second-order valence-corrected chi connectivity index (χ2v) is 42.9. The van der Waals surface area contributed by atoms with E-state index in [4.69, 9.17) is 39.7 Å². The summed E-state index contributed by atoms with van der Waals surface area (Å²) in [5.41, 5.74) is -0.118. The highest BCUT2D eigenvalue weighted by molar-refractivity contribution is 7.22. The fourth-order valence-electron chi connectivity index (χ4n) is 22.7. The van der Waals surface area contributed by atoms with Crippen LogP contribution in [0.25, 0.3) is 20.5 Å². The molecule has 1 aromatic heterocycles. The van der Waals surface area contributed by atoms with Crippen molar-refractivity contribution < 1.29 is 175 Å². The molecule has 12 aliphatic carbocycles. The number of carbonyl (C=O) groups excluding carboxylic acids is 12. The predicted octanol–water partition coefficient (Wildman–Crippen LogP) is 7.67. The van der Waals surface area contributed by atoms with E-state index in [1.54, 1.807) is 23.5 Å². The molecule has 22 atom stereocenters. The quantitative estimate of drug-likeness (QED) is 0.0267. The number of hydrogen-bond acceptors (Lipinski definition) is 33. The summed E-state index contributed by atoms with van der Waals surface area (Å²) < 4.78 is 81.5. The molecule has 0 bridgehead atoms. The van der Waals surface area contributed by atoms with Crippen molar-refractivity contribution in [3.8, 4) is 16.2 Å². The number of anilines is 1. The minimum absolute atomic E-state index is 0.00394. The van der Waals surface area contributed by atoms with Crippen molar-refractivity contribution in [3.63, 3.8) is 0 Å². The number of carbonyl (C=O) groups is 12. The van der Waals surface area contributed by atoms with E-state index in [1.807, 2.05) is 65.0 Å². The third-order valence-electron chi connectivity index (χ3n) is 32.2. The van der Waals surface area contributed by atoms with Crippen LogP contribution in [0.4, 0.5) is 27.6 Å². The van der Waals surface area contributed by atoms with E-state index in [0.29, 0.717) is 95.4 Å². The maximum Gasteiger partial charge on any atom is 0.309 e. The van der Waals surface area contributed by atoms with Crippen molar-refractivity contribution >= 4 is 97.1 Å². The number of aliphatic hydroxyl groups excluding tert-OH is 15. The summed E-state index contributed by atoms with van der Waals surface area (Å²) in [6.45, 7) is 18.9. The molecule has 12 saturated carbocycles. The van der Waals surface area contributed by atoms with Gasteiger partial charge < -0.3 is 101 Å². The number of esters is 3. The zero-order valence-corrected chi connectivity index (χ0v) is 82.2. The number of ketones is 9. The van der Waals surface area contributed by atoms with E-state index >= 15 is 0 Å². The lowest BCUT2D eigenvalue weighted by atomic mass is 9.66. The number of hydrogen-bond donors (Lipinski definition) is 17. The lowest BCUT2D eigenvalue weighted by molar-refractivity contribution is -0.235. The summed E-state index contributed by atoms with van der Waals surface area (Å²) in [7, 11) is 0. The summed E-state index contributed by atoms with van der Waals surface area (Å²) in [5, 5.41) is 157. The lowest BCUT2D eigenvalue weighted by Crippen LogP contribution is -2.64. The molecule has 17 N–H and O–H groups in total. The van der Waals surface area contributed by atoms with E-state index in [-0.39, 0.29) is 114 Å². The van der Waals surface area contributed by atoms with Gasteiger partial charge in [-0.1, -0.05) is 60.6 Å². The number of phenols is 1. The summed E-state index contributed by atoms with van der Waals surface area (Å²) in [6, 6.07) is 15.5. The third kappa shape index (κ3) is 26.5. The van der Waals surface area contributed by atoms with Gasteiger partial charge in [-0.25, -0.2) is 17.6 Å². The number of halogens is 5. The molecule has 0 aliphatic heterocycles. The molecular formula is C102H146F5NO31S. The Labute approximate surface area is 815 Å². The number of alkyl halides is 5. The molecule has 0 amide bonds. The Morgan fingerprint density at radius 3 is 1.19 bits per heavy atom. The maximum atomic E-state index is 14.4. The van der Waals surface area contributed by atoms with Crippen LogP contribution < -0.4 is 5.32 Å². The monoisotopic (exact) mass is 2010 g/mol. The van der Waals surface area contributed by atoms with Crippen LogP contribution in [-0.2, 0) is 71.7 Å². The molecule has 32 nitrogen and oxygen atoms in total. The highest BCUT2D eigenvalue weighted by Gasteiger charge is 2.60. The second kappa shape index (κ2) is 49.6. The van der Waals surface area contributed by atoms with Crippen LogP contribution in [0.3, 0.4) is 0 Å². The zero-order chi connectivity index (χ0) is 104. The van der Waals surface area contributed by atoms with Gasteiger partial charge in [0, 0.05) is 101 Å². The van der Waals surface area contributed by atoms with Crippen molar-refractivity contribution in [2.75, 3.05) is 18.5 Å². The summed E-state index contributed by atoms with van der Waals surface area (Å²) in [4.78, 5) is 146. The molecule has 3 aromatic rings. The maximum absolute atomic E-state index is 14.4. The van der Waals surface area contributed by atoms with Gasteiger partial charge in [0.25, 0.3) is 0 Å². The molecule has 38 heteroatoms. The molecule has 1 heterocycles. The number of aromatic hydroxyl groups is 1. The minimum Gasteiger partial charge on any atom is -0.508 e. The standard InChI is InChI=1S/C20H30O8.C19H28O9.C17H16FNOS.C14H21FO2.C13H21FO4.C13H19FO2.C6H11FO5/c1-2-10-13(22)8-20(19(10)28)5-3-9(4-6-20)12(21)7-11-14(23)16(25)18(27)17(26)15(11)24;1-2-9-10(20)7-19(17(9)26)5-3-8(4-6-19)18(27)28-16-14(24)12(22)11(21)13(23)15(16)25;1-11(18)10-19-14-5-2-12(3-6-14)16-8-13-4-7-15(20)9-17(13)21-16;1-9-3-5-14(6-4-9)8-12(16)11(13(14)17)7-10(2)15;1-6-7(2)12(17-9(4)15)11(14)13(8(6)3)18-10(5)16;1-9-2-5-13(6-3-9)8-11(15)10(4-7-14)12(13)16;7-1-2(8)4(10)6(12)5(11)3(1)9/h9-11,14-18,23-27H,2-8H2,1H3;8-9,11-16,21-25H,2-7H2,1H3;2-9,11,19-20H,10H2,1H3;9-11H,3-8H2,1-2H3;6-8,11-13H,1-5H3;9-10H,2-8H2,1H3;1-6,8-12H. The first-order chi connectivity index (χ1) is 65.6. The minimum atomic E-state index is -2.14. The average Bonchev–Trinajstić information content (AvgIpc) is 1.61. The number of aliphatic hydroxyl groups is 15. The molecule has 12 aliphatic rings. The van der Waals surface area contributed by atoms with Crippen LogP contribution in [0.2, 0.25) is 0 Å². The van der Waals surface area contributed by atoms with Gasteiger partial charge in [-0.15, -0.1) is 11.3 Å². The van der Waals surface area contributed by atoms with E-state index < -0.39 is 216 Å². The predicted molar refractivity (Wildman–Crippen MR) is 497 cm³/mol. The molecule has 15 rings (SSSR count). The topological polar surface area (TPSA) is 568 Å². The van der Waals surface area contributed by atoms with Gasteiger partial charge in [-0.05, 0) is 219 Å². The Morgan fingerprint density at radius 2 is 0.800 bits per heavy atom. The number of Topliss-reactive ketones (excluding diaryl/α,β-unsaturated/α-hetero) is 9. The van der Waals surface area contributed by atoms with Crippen LogP contribution in [-0.4, -0.2) is 299 Å². The summed E-state index contributed by atoms with van der Waals surface area (Å²) in [5.74, 6) is -4.83. The molecular weight excluding hydrogens is 1860 g/mol. The van der Waals surface area contributed by atoms with Gasteiger partial charge in [0.2, 0.25) is 0 Å². The fourth-order valence-corrected chi connectivity index (χ4v) is 23.8. The Kier molecular flexibility index (Phi) is 41.1. The van der Waals surface area contributed by atoms with Crippen LogP contribution in [0, 0.1) is 92.7 Å². The van der Waals surface area contributed by atoms with Crippen LogP contribution in [0.1, 0.15) is 237 Å². The van der Waals surface area contributed by atoms with Gasteiger partial charge in [-0.2, -0.15) is 0 Å². The van der Waals surface area contributed by atoms with Crippen molar-refractivity contribution in [2.45, 2.75) is 371 Å². The van der Waals surface area contributed by atoms with E-state index in [1.165, 1.54) is 27.7 Å². The van der Waals surface area contributed by atoms with Gasteiger partial charge in [0.15, 0.2) is 18.4 Å². The first kappa shape index (κ1) is 116. The van der Waals surface area contributed by atoms with Crippen LogP contribution in [0.15, 0.2) is 48.5 Å². The smallest absolute Gasteiger partial charge is 0.309 e. The Balaban J connectivity index is 0.000000186. The molecule has 12 fully saturated rings. The fraction of sp³-hybridized carbons (Fsp3) is 0.745. The summed E-state index contributed by atoms with van der Waals surface area (Å²) in [6.07, 6.45) is -21.6. The highest BCUT2D eigenvalue weighted by atomic mass is 32.1. The van der Waals surface area contributed by atoms with E-state index in [9.17, 15) is 136 Å². The number of thiophene rings is 1. The number of benzene rings is 2. The molecule has 140 heavy (non-hydrogen) atoms. The molecule has 2 aromatic carbocycles. The first-order valence-corrected chi connectivity index (χ1v) is 50.2. The van der Waals surface area contributed by atoms with Crippen molar-refractivity contribution in [3.05, 3.63) is 48.5 Å². The van der Waals surface area contributed by atoms with E-state index in [0.717, 1.165) is 77.6 Å². The zero-order valence-electron chi connectivity index (χ0n) is 81.4. The van der Waals surface area contributed by atoms with E-state index in [2.05, 4.69) is 25.2 Å². The van der Waals surface area contributed by atoms with Crippen LogP contribution >= 0.6 is 11.3 Å². The molecule has 786 valence electrons. The number of ether oxygens (including phenoxy) is 3. The largest absolute Gasteiger partial charge is 0.508 e. The lowest BCUT2D eigenvalue weighted by Gasteiger charge is -2.44. The normalized spacial score (nSPS) is 39.9. The van der Waals surface area contributed by atoms with Crippen molar-refractivity contribution in [1.82, 2.24) is 0 Å². The van der Waals surface area contributed by atoms with Gasteiger partial charge >= 0.3 is 17.9 Å². The van der Waals surface area contributed by atoms with Crippen molar-refractivity contribution in [1.29, 1.82) is 0 Å². The Hall–Kier alpha value is -7.51. The highest BCUT2D eigenvalue weighted by Crippen LogP contribution is 2.55. The number of fused-ring (bicyclic) bond motifs is 1. The third-order valence-corrected chi connectivity index (χ3v) is 33.3. The van der Waals surface area contributed by atoms with Gasteiger partial charge in [-0.3, -0.25) is 61.9 Å². The molecule has 0 saturated heterocycles. The Morgan fingerprint density at radius 1 is 0.436 bits per heavy atom. The number of phenolic OH excluding ortho intramolecular Hbond substituents is 1. The molecule has 22 unspecified atom stereocenters. The molecule has 0 radical (unpaired) electrons. The first-order valence-electron chi connectivity index (χ1n) is 49.4. The number of rotatable bonds is 17. The van der Waals surface area contributed by atoms with Crippen LogP contribution in [0.5, 0.6) is 5.75 Å². The second-order valence-electron chi connectivity index (χ2n) is 41.9. The van der Waals surface area contributed by atoms with Gasteiger partial charge in [0.1, 0.15) is 156 Å². The number of nitrogens with one attached hydrogen (secondary N) is 1. The SMILES string of the molecule is CC(=O)OC1C(C)C(C)C(C)C(OC(C)=O)C1F.CC(F)CC1C(=O)CC2(CCC(C)CC2)C1=O.CC(F)CNc1ccc(-c2cc3ccc(O)cc3s2)cc1.CC1CCC2(CC1)CC(=O)C(CCF)C2=O.CCC1C(=O)CC2(CCC(C(=O)CC3C(O)C(O)C(O)C(O)C3O)CC2)C1=O.CCC1C(=O)CC2(CCC(C(=O)OC3C(O)C(O)C(O)C(O)C3O)CC2)C1=O.OC1C(O)C(O)C(F)C(O)C1O. The van der Waals surface area contributed by atoms with Crippen molar-refractivity contribution in [2.24, 2.45) is 92.7 Å². The summed E-state index contributed by atoms with van der Waals surface area (Å²) >= 11 is 1.65. The molecule has 4 spiro atoms. The Bertz CT molecular complexity index is 4500. The van der Waals surface area contributed by atoms with Gasteiger partial charge in [0.05, 0.1) is 54.6 Å².